The van der Waals surface area contributed by atoms with Crippen molar-refractivity contribution < 1.29 is 4.74 Å². The molecule has 1 aromatic rings. The number of ether oxygens (including phenoxy) is 1. The maximum Gasteiger partial charge on any atom is 0.191 e. The van der Waals surface area contributed by atoms with Crippen LogP contribution in [-0.2, 0) is 11.3 Å². The normalized spacial score (nSPS) is 15.9. The van der Waals surface area contributed by atoms with Crippen molar-refractivity contribution >= 4 is 11.8 Å². The number of rotatable bonds is 10. The van der Waals surface area contributed by atoms with Crippen LogP contribution in [0.5, 0.6) is 0 Å². The molecule has 0 amide bonds. The Morgan fingerprint density at radius 1 is 1.25 bits per heavy atom. The SMILES string of the molecule is CN=C(NCCN(C)CCCOC)NCc1ccnc(N2CCN(C)CC2)c1. The minimum atomic E-state index is 0.729. The van der Waals surface area contributed by atoms with Gasteiger partial charge in [-0.25, -0.2) is 4.98 Å². The molecule has 0 bridgehead atoms. The lowest BCUT2D eigenvalue weighted by atomic mass is 10.2. The van der Waals surface area contributed by atoms with E-state index in [1.807, 2.05) is 6.20 Å². The molecule has 1 fully saturated rings. The molecular formula is C20H37N7O. The van der Waals surface area contributed by atoms with E-state index in [1.54, 1.807) is 14.2 Å². The molecule has 0 atom stereocenters. The van der Waals surface area contributed by atoms with Gasteiger partial charge in [-0.15, -0.1) is 0 Å². The zero-order chi connectivity index (χ0) is 20.2. The Hall–Kier alpha value is -1.90. The van der Waals surface area contributed by atoms with Gasteiger partial charge in [0, 0.05) is 79.3 Å². The Balaban J connectivity index is 1.73. The number of aliphatic imine (C=N–C) groups is 1. The van der Waals surface area contributed by atoms with Gasteiger partial charge < -0.3 is 30.1 Å². The first kappa shape index (κ1) is 22.4. The predicted molar refractivity (Wildman–Crippen MR) is 116 cm³/mol. The van der Waals surface area contributed by atoms with E-state index in [9.17, 15) is 0 Å². The molecule has 28 heavy (non-hydrogen) atoms. The standard InChI is InChI=1S/C20H37N7O/c1-21-20(23-8-10-25(2)9-5-15-28-4)24-17-18-6-7-22-19(16-18)27-13-11-26(3)12-14-27/h6-7,16H,5,8-15,17H2,1-4H3,(H2,21,23,24). The van der Waals surface area contributed by atoms with Gasteiger partial charge in [0.15, 0.2) is 5.96 Å². The first-order valence-electron chi connectivity index (χ1n) is 10.1. The number of pyridine rings is 1. The minimum Gasteiger partial charge on any atom is -0.385 e. The van der Waals surface area contributed by atoms with E-state index < -0.39 is 0 Å². The molecule has 2 N–H and O–H groups in total. The van der Waals surface area contributed by atoms with Crippen LogP contribution in [0.4, 0.5) is 5.82 Å². The van der Waals surface area contributed by atoms with Gasteiger partial charge in [0.1, 0.15) is 5.82 Å². The fraction of sp³-hybridized carbons (Fsp3) is 0.700. The fourth-order valence-electron chi connectivity index (χ4n) is 3.14. The molecule has 1 aliphatic rings. The van der Waals surface area contributed by atoms with E-state index in [2.05, 4.69) is 61.5 Å². The summed E-state index contributed by atoms with van der Waals surface area (Å²) >= 11 is 0. The molecule has 1 aromatic heterocycles. The largest absolute Gasteiger partial charge is 0.385 e. The number of nitrogens with one attached hydrogen (secondary N) is 2. The number of nitrogens with zero attached hydrogens (tertiary/aromatic N) is 5. The van der Waals surface area contributed by atoms with Gasteiger partial charge in [-0.3, -0.25) is 4.99 Å². The Kier molecular flexibility index (Phi) is 10.0. The van der Waals surface area contributed by atoms with Crippen molar-refractivity contribution in [2.24, 2.45) is 4.99 Å². The molecule has 8 nitrogen and oxygen atoms in total. The van der Waals surface area contributed by atoms with Gasteiger partial charge in [0.25, 0.3) is 0 Å². The van der Waals surface area contributed by atoms with Gasteiger partial charge in [-0.2, -0.15) is 0 Å². The van der Waals surface area contributed by atoms with Crippen molar-refractivity contribution in [2.45, 2.75) is 13.0 Å². The topological polar surface area (TPSA) is 68.3 Å². The van der Waals surface area contributed by atoms with Crippen molar-refractivity contribution in [3.8, 4) is 0 Å². The van der Waals surface area contributed by atoms with E-state index in [1.165, 1.54) is 5.56 Å². The molecular weight excluding hydrogens is 354 g/mol. The van der Waals surface area contributed by atoms with Crippen LogP contribution in [0.3, 0.4) is 0 Å². The zero-order valence-electron chi connectivity index (χ0n) is 17.9. The Morgan fingerprint density at radius 3 is 2.75 bits per heavy atom. The molecule has 1 saturated heterocycles. The van der Waals surface area contributed by atoms with Crippen LogP contribution >= 0.6 is 0 Å². The summed E-state index contributed by atoms with van der Waals surface area (Å²) in [5, 5.41) is 6.77. The van der Waals surface area contributed by atoms with Crippen LogP contribution in [0.1, 0.15) is 12.0 Å². The molecule has 0 saturated carbocycles. The van der Waals surface area contributed by atoms with Gasteiger partial charge >= 0.3 is 0 Å². The number of piperazine rings is 1. The van der Waals surface area contributed by atoms with Crippen LogP contribution < -0.4 is 15.5 Å². The average Bonchev–Trinajstić information content (AvgIpc) is 2.71. The molecule has 0 aliphatic carbocycles. The van der Waals surface area contributed by atoms with Crippen molar-refractivity contribution in [1.82, 2.24) is 25.4 Å². The smallest absolute Gasteiger partial charge is 0.191 e. The van der Waals surface area contributed by atoms with Crippen molar-refractivity contribution in [3.05, 3.63) is 23.9 Å². The lowest BCUT2D eigenvalue weighted by Crippen LogP contribution is -2.44. The molecule has 8 heteroatoms. The lowest BCUT2D eigenvalue weighted by molar-refractivity contribution is 0.180. The Morgan fingerprint density at radius 2 is 2.04 bits per heavy atom. The van der Waals surface area contributed by atoms with E-state index in [0.717, 1.165) is 77.2 Å². The number of anilines is 1. The maximum absolute atomic E-state index is 5.10. The summed E-state index contributed by atoms with van der Waals surface area (Å²) in [5.74, 6) is 1.89. The summed E-state index contributed by atoms with van der Waals surface area (Å²) in [7, 11) is 7.85. The number of likely N-dealkylation sites (N-methyl/N-ethyl adjacent to an activating group) is 2. The van der Waals surface area contributed by atoms with Crippen LogP contribution in [0, 0.1) is 0 Å². The highest BCUT2D eigenvalue weighted by atomic mass is 16.5. The molecule has 0 aromatic carbocycles. The van der Waals surface area contributed by atoms with Crippen molar-refractivity contribution in [2.75, 3.05) is 85.6 Å². The second-order valence-electron chi connectivity index (χ2n) is 7.31. The lowest BCUT2D eigenvalue weighted by Gasteiger charge is -2.33. The quantitative estimate of drug-likeness (QED) is 0.341. The molecule has 0 spiro atoms. The van der Waals surface area contributed by atoms with Gasteiger partial charge in [-0.05, 0) is 38.2 Å². The number of hydrogen-bond acceptors (Lipinski definition) is 6. The van der Waals surface area contributed by atoms with Crippen molar-refractivity contribution in [1.29, 1.82) is 0 Å². The summed E-state index contributed by atoms with van der Waals surface area (Å²) in [6, 6.07) is 4.23. The molecule has 158 valence electrons. The molecule has 0 radical (unpaired) electrons. The highest BCUT2D eigenvalue weighted by Gasteiger charge is 2.15. The number of hydrogen-bond donors (Lipinski definition) is 2. The summed E-state index contributed by atoms with van der Waals surface area (Å²) in [5.41, 5.74) is 1.21. The van der Waals surface area contributed by atoms with Crippen LogP contribution in [0.2, 0.25) is 0 Å². The van der Waals surface area contributed by atoms with E-state index in [0.29, 0.717) is 0 Å². The monoisotopic (exact) mass is 391 g/mol. The average molecular weight is 392 g/mol. The predicted octanol–water partition coefficient (Wildman–Crippen LogP) is 0.467. The Labute approximate surface area is 170 Å². The van der Waals surface area contributed by atoms with E-state index >= 15 is 0 Å². The molecule has 2 rings (SSSR count). The third kappa shape index (κ3) is 8.00. The van der Waals surface area contributed by atoms with E-state index in [4.69, 9.17) is 4.74 Å². The maximum atomic E-state index is 5.10. The van der Waals surface area contributed by atoms with Gasteiger partial charge in [0.05, 0.1) is 0 Å². The highest BCUT2D eigenvalue weighted by molar-refractivity contribution is 5.79. The first-order chi connectivity index (χ1) is 13.6. The summed E-state index contributed by atoms with van der Waals surface area (Å²) < 4.78 is 5.10. The zero-order valence-corrected chi connectivity index (χ0v) is 17.9. The van der Waals surface area contributed by atoms with Gasteiger partial charge in [-0.1, -0.05) is 0 Å². The van der Waals surface area contributed by atoms with E-state index in [-0.39, 0.29) is 0 Å². The van der Waals surface area contributed by atoms with Crippen molar-refractivity contribution in [3.63, 3.8) is 0 Å². The second-order valence-corrected chi connectivity index (χ2v) is 7.31. The van der Waals surface area contributed by atoms with Crippen LogP contribution in [0.25, 0.3) is 0 Å². The number of aromatic nitrogens is 1. The fourth-order valence-corrected chi connectivity index (χ4v) is 3.14. The minimum absolute atomic E-state index is 0.729. The third-order valence-electron chi connectivity index (χ3n) is 5.00. The molecule has 1 aliphatic heterocycles. The first-order valence-corrected chi connectivity index (χ1v) is 10.1. The van der Waals surface area contributed by atoms with Crippen LogP contribution in [0.15, 0.2) is 23.3 Å². The third-order valence-corrected chi connectivity index (χ3v) is 5.00. The van der Waals surface area contributed by atoms with Gasteiger partial charge in [0.2, 0.25) is 0 Å². The number of methoxy groups -OCH3 is 1. The summed E-state index contributed by atoms with van der Waals surface area (Å²) in [6.45, 7) is 8.62. The number of guanidine groups is 1. The summed E-state index contributed by atoms with van der Waals surface area (Å²) in [4.78, 5) is 15.9. The second kappa shape index (κ2) is 12.5. The molecule has 2 heterocycles. The highest BCUT2D eigenvalue weighted by Crippen LogP contribution is 2.14. The van der Waals surface area contributed by atoms with Crippen LogP contribution in [-0.4, -0.2) is 101 Å². The molecule has 0 unspecified atom stereocenters. The Bertz CT molecular complexity index is 588. The summed E-state index contributed by atoms with van der Waals surface area (Å²) in [6.07, 6.45) is 2.95.